The molecule has 2 rings (SSSR count). The van der Waals surface area contributed by atoms with Gasteiger partial charge in [-0.05, 0) is 32.3 Å². The summed E-state index contributed by atoms with van der Waals surface area (Å²) in [5, 5.41) is 3.71. The van der Waals surface area contributed by atoms with Gasteiger partial charge in [-0.25, -0.2) is 15.0 Å². The van der Waals surface area contributed by atoms with E-state index in [2.05, 4.69) is 34.1 Å². The highest BCUT2D eigenvalue weighted by molar-refractivity contribution is 7.17. The molecule has 1 amide bonds. The van der Waals surface area contributed by atoms with E-state index in [1.54, 1.807) is 18.5 Å². The monoisotopic (exact) mass is 369 g/mol. The number of nitrogens with one attached hydrogen (secondary N) is 1. The van der Waals surface area contributed by atoms with E-state index in [1.165, 1.54) is 11.3 Å². The van der Waals surface area contributed by atoms with Gasteiger partial charge in [0.1, 0.15) is 4.88 Å². The van der Waals surface area contributed by atoms with Crippen LogP contribution in [0.15, 0.2) is 18.5 Å². The Balaban J connectivity index is 0.00000288. The standard InChI is InChI=1S/C16H23N5OS.ClH/c1-10(2)8-16(4,9-17)21-14(22)12-11(3)20-15(23-12)13-18-6-5-7-19-13;/h5-7,10H,8-9,17H2,1-4H3,(H,21,22);1H. The molecule has 0 radical (unpaired) electrons. The number of hydrogen-bond acceptors (Lipinski definition) is 6. The van der Waals surface area contributed by atoms with Gasteiger partial charge in [0.15, 0.2) is 10.8 Å². The molecule has 1 unspecified atom stereocenters. The third-order valence-corrected chi connectivity index (χ3v) is 4.64. The number of aryl methyl sites for hydroxylation is 1. The number of aromatic nitrogens is 3. The van der Waals surface area contributed by atoms with Gasteiger partial charge in [-0.2, -0.15) is 0 Å². The predicted octanol–water partition coefficient (Wildman–Crippen LogP) is 2.82. The molecule has 0 aliphatic heterocycles. The topological polar surface area (TPSA) is 93.8 Å². The average molecular weight is 370 g/mol. The van der Waals surface area contributed by atoms with Gasteiger partial charge in [-0.3, -0.25) is 4.79 Å². The molecule has 0 aliphatic rings. The minimum atomic E-state index is -0.426. The number of rotatable bonds is 6. The molecule has 1 atom stereocenters. The van der Waals surface area contributed by atoms with Crippen molar-refractivity contribution in [2.45, 2.75) is 39.7 Å². The maximum Gasteiger partial charge on any atom is 0.263 e. The summed E-state index contributed by atoms with van der Waals surface area (Å²) in [4.78, 5) is 26.0. The Morgan fingerprint density at radius 2 is 2.00 bits per heavy atom. The van der Waals surface area contributed by atoms with Gasteiger partial charge in [-0.1, -0.05) is 13.8 Å². The molecule has 0 saturated heterocycles. The Labute approximate surface area is 152 Å². The molecule has 2 heterocycles. The summed E-state index contributed by atoms with van der Waals surface area (Å²) in [6.45, 7) is 8.41. The second-order valence-electron chi connectivity index (χ2n) is 6.32. The molecule has 0 bridgehead atoms. The zero-order valence-corrected chi connectivity index (χ0v) is 16.0. The van der Waals surface area contributed by atoms with Crippen molar-refractivity contribution in [3.63, 3.8) is 0 Å². The third kappa shape index (κ3) is 4.96. The van der Waals surface area contributed by atoms with Crippen LogP contribution in [0.25, 0.3) is 10.8 Å². The summed E-state index contributed by atoms with van der Waals surface area (Å²) in [5.74, 6) is 0.832. The number of carbonyl (C=O) groups excluding carboxylic acids is 1. The molecule has 0 aliphatic carbocycles. The van der Waals surface area contributed by atoms with Crippen LogP contribution in [0.5, 0.6) is 0 Å². The number of carbonyl (C=O) groups is 1. The highest BCUT2D eigenvalue weighted by Crippen LogP contribution is 2.26. The summed E-state index contributed by atoms with van der Waals surface area (Å²) in [5.41, 5.74) is 6.12. The maximum absolute atomic E-state index is 12.6. The Hall–Kier alpha value is -1.57. The van der Waals surface area contributed by atoms with Crippen molar-refractivity contribution >= 4 is 29.7 Å². The van der Waals surface area contributed by atoms with E-state index in [4.69, 9.17) is 5.73 Å². The van der Waals surface area contributed by atoms with Crippen LogP contribution in [-0.4, -0.2) is 32.9 Å². The van der Waals surface area contributed by atoms with Crippen molar-refractivity contribution in [1.29, 1.82) is 0 Å². The lowest BCUT2D eigenvalue weighted by Crippen LogP contribution is -2.52. The maximum atomic E-state index is 12.6. The Morgan fingerprint density at radius 1 is 1.38 bits per heavy atom. The first kappa shape index (κ1) is 20.5. The number of thiazole rings is 1. The van der Waals surface area contributed by atoms with Crippen LogP contribution < -0.4 is 11.1 Å². The molecule has 6 nitrogen and oxygen atoms in total. The molecule has 2 aromatic rings. The summed E-state index contributed by atoms with van der Waals surface area (Å²) >= 11 is 1.30. The number of hydrogen-bond donors (Lipinski definition) is 2. The molecule has 24 heavy (non-hydrogen) atoms. The van der Waals surface area contributed by atoms with E-state index in [1.807, 2.05) is 13.8 Å². The van der Waals surface area contributed by atoms with E-state index in [9.17, 15) is 4.79 Å². The van der Waals surface area contributed by atoms with Crippen LogP contribution in [0.1, 0.15) is 42.6 Å². The van der Waals surface area contributed by atoms with Gasteiger partial charge in [-0.15, -0.1) is 23.7 Å². The second-order valence-corrected chi connectivity index (χ2v) is 7.32. The lowest BCUT2D eigenvalue weighted by molar-refractivity contribution is 0.0901. The fourth-order valence-corrected chi connectivity index (χ4v) is 3.44. The first-order chi connectivity index (χ1) is 10.8. The highest BCUT2D eigenvalue weighted by atomic mass is 35.5. The van der Waals surface area contributed by atoms with Gasteiger partial charge < -0.3 is 11.1 Å². The van der Waals surface area contributed by atoms with E-state index in [-0.39, 0.29) is 18.3 Å². The largest absolute Gasteiger partial charge is 0.345 e. The zero-order valence-electron chi connectivity index (χ0n) is 14.4. The van der Waals surface area contributed by atoms with E-state index in [0.29, 0.717) is 33.9 Å². The van der Waals surface area contributed by atoms with Crippen molar-refractivity contribution in [2.24, 2.45) is 11.7 Å². The minimum Gasteiger partial charge on any atom is -0.345 e. The van der Waals surface area contributed by atoms with Gasteiger partial charge in [0.25, 0.3) is 5.91 Å². The number of nitrogens with zero attached hydrogens (tertiary/aromatic N) is 3. The predicted molar refractivity (Wildman–Crippen MR) is 99.5 cm³/mol. The van der Waals surface area contributed by atoms with Crippen LogP contribution in [0.4, 0.5) is 0 Å². The van der Waals surface area contributed by atoms with Crippen LogP contribution in [0, 0.1) is 12.8 Å². The molecule has 0 fully saturated rings. The van der Waals surface area contributed by atoms with E-state index >= 15 is 0 Å². The fourth-order valence-electron chi connectivity index (χ4n) is 2.53. The molecule has 0 spiro atoms. The average Bonchev–Trinajstić information content (AvgIpc) is 2.89. The van der Waals surface area contributed by atoms with Gasteiger partial charge in [0.2, 0.25) is 0 Å². The summed E-state index contributed by atoms with van der Waals surface area (Å²) in [6, 6.07) is 1.75. The van der Waals surface area contributed by atoms with Crippen molar-refractivity contribution in [3.05, 3.63) is 29.0 Å². The normalized spacial score (nSPS) is 13.2. The first-order valence-corrected chi connectivity index (χ1v) is 8.43. The zero-order chi connectivity index (χ0) is 17.0. The number of halogens is 1. The summed E-state index contributed by atoms with van der Waals surface area (Å²) in [7, 11) is 0. The van der Waals surface area contributed by atoms with Crippen molar-refractivity contribution in [2.75, 3.05) is 6.54 Å². The van der Waals surface area contributed by atoms with E-state index < -0.39 is 5.54 Å². The number of amides is 1. The molecule has 132 valence electrons. The van der Waals surface area contributed by atoms with Crippen LogP contribution in [-0.2, 0) is 0 Å². The number of nitrogens with two attached hydrogens (primary N) is 1. The SMILES string of the molecule is Cc1nc(-c2ncccn2)sc1C(=O)NC(C)(CN)CC(C)C.Cl. The fraction of sp³-hybridized carbons (Fsp3) is 0.500. The van der Waals surface area contributed by atoms with Crippen LogP contribution in [0.2, 0.25) is 0 Å². The molecule has 0 saturated carbocycles. The Kier molecular flexibility index (Phi) is 7.26. The molecular formula is C16H24ClN5OS. The van der Waals surface area contributed by atoms with Crippen molar-refractivity contribution < 1.29 is 4.79 Å². The van der Waals surface area contributed by atoms with Gasteiger partial charge in [0.05, 0.1) is 11.2 Å². The molecule has 8 heteroatoms. The van der Waals surface area contributed by atoms with Gasteiger partial charge >= 0.3 is 0 Å². The van der Waals surface area contributed by atoms with Crippen LogP contribution in [0.3, 0.4) is 0 Å². The first-order valence-electron chi connectivity index (χ1n) is 7.62. The molecule has 3 N–H and O–H groups in total. The molecular weight excluding hydrogens is 346 g/mol. The van der Waals surface area contributed by atoms with E-state index in [0.717, 1.165) is 6.42 Å². The summed E-state index contributed by atoms with van der Waals surface area (Å²) < 4.78 is 0. The lowest BCUT2D eigenvalue weighted by atomic mass is 9.90. The quantitative estimate of drug-likeness (QED) is 0.816. The van der Waals surface area contributed by atoms with Crippen molar-refractivity contribution in [3.8, 4) is 10.8 Å². The smallest absolute Gasteiger partial charge is 0.263 e. The Bertz CT molecular complexity index is 676. The lowest BCUT2D eigenvalue weighted by Gasteiger charge is -2.31. The van der Waals surface area contributed by atoms with Gasteiger partial charge in [0, 0.05) is 18.9 Å². The van der Waals surface area contributed by atoms with Crippen molar-refractivity contribution in [1.82, 2.24) is 20.3 Å². The second kappa shape index (κ2) is 8.50. The highest BCUT2D eigenvalue weighted by Gasteiger charge is 2.28. The molecule has 0 aromatic carbocycles. The molecule has 2 aromatic heterocycles. The summed E-state index contributed by atoms with van der Waals surface area (Å²) in [6.07, 6.45) is 4.14. The Morgan fingerprint density at radius 3 is 2.54 bits per heavy atom. The third-order valence-electron chi connectivity index (χ3n) is 3.48. The minimum absolute atomic E-state index is 0. The van der Waals surface area contributed by atoms with Crippen LogP contribution >= 0.6 is 23.7 Å².